The highest BCUT2D eigenvalue weighted by atomic mass is 32.2. The van der Waals surface area contributed by atoms with Crippen molar-refractivity contribution < 1.29 is 17.9 Å². The molecule has 7 heteroatoms. The summed E-state index contributed by atoms with van der Waals surface area (Å²) < 4.78 is 32.1. The van der Waals surface area contributed by atoms with Crippen LogP contribution in [0.15, 0.2) is 53.4 Å². The van der Waals surface area contributed by atoms with Crippen LogP contribution in [-0.2, 0) is 21.2 Å². The number of carbonyl (C=O) groups is 1. The minimum absolute atomic E-state index is 0.104. The SMILES string of the molecule is CCCCc1ccc(NC(=O)c2ccc(S(=O)(=O)N[C@@H](C)COC)cc2)cc1. The third-order valence-corrected chi connectivity index (χ3v) is 5.84. The Kier molecular flexibility index (Phi) is 8.17. The van der Waals surface area contributed by atoms with E-state index in [0.29, 0.717) is 11.3 Å². The van der Waals surface area contributed by atoms with Crippen LogP contribution >= 0.6 is 0 Å². The van der Waals surface area contributed by atoms with Gasteiger partial charge in [-0.15, -0.1) is 0 Å². The summed E-state index contributed by atoms with van der Waals surface area (Å²) in [5, 5.41) is 2.83. The Morgan fingerprint density at radius 2 is 1.71 bits per heavy atom. The normalized spacial score (nSPS) is 12.5. The third-order valence-electron chi connectivity index (χ3n) is 4.23. The quantitative estimate of drug-likeness (QED) is 0.634. The Balaban J connectivity index is 2.01. The Morgan fingerprint density at radius 1 is 1.07 bits per heavy atom. The number of rotatable bonds is 10. The molecular formula is C21H28N2O4S. The minimum atomic E-state index is -3.66. The topological polar surface area (TPSA) is 84.5 Å². The summed E-state index contributed by atoms with van der Waals surface area (Å²) in [5.41, 5.74) is 2.33. The molecule has 2 rings (SSSR count). The Morgan fingerprint density at radius 3 is 2.29 bits per heavy atom. The van der Waals surface area contributed by atoms with E-state index >= 15 is 0 Å². The van der Waals surface area contributed by atoms with Crippen LogP contribution in [0.1, 0.15) is 42.6 Å². The molecule has 0 fully saturated rings. The fraction of sp³-hybridized carbons (Fsp3) is 0.381. The number of sulfonamides is 1. The molecule has 0 unspecified atom stereocenters. The van der Waals surface area contributed by atoms with E-state index in [4.69, 9.17) is 4.74 Å². The molecule has 0 aliphatic rings. The number of methoxy groups -OCH3 is 1. The van der Waals surface area contributed by atoms with Crippen molar-refractivity contribution in [3.63, 3.8) is 0 Å². The van der Waals surface area contributed by atoms with E-state index in [0.717, 1.165) is 19.3 Å². The van der Waals surface area contributed by atoms with Gasteiger partial charge in [0.25, 0.3) is 5.91 Å². The number of ether oxygens (including phenoxy) is 1. The zero-order chi connectivity index (χ0) is 20.6. The predicted octanol–water partition coefficient (Wildman–Crippen LogP) is 3.59. The van der Waals surface area contributed by atoms with E-state index in [1.165, 1.54) is 36.9 Å². The lowest BCUT2D eigenvalue weighted by molar-refractivity contribution is 0.102. The first-order valence-electron chi connectivity index (χ1n) is 9.37. The number of hydrogen-bond acceptors (Lipinski definition) is 4. The average molecular weight is 405 g/mol. The molecular weight excluding hydrogens is 376 g/mol. The molecule has 0 aliphatic heterocycles. The lowest BCUT2D eigenvalue weighted by atomic mass is 10.1. The molecule has 0 saturated carbocycles. The minimum Gasteiger partial charge on any atom is -0.383 e. The number of hydrogen-bond donors (Lipinski definition) is 2. The maximum atomic E-state index is 12.4. The first-order chi connectivity index (χ1) is 13.4. The first-order valence-corrected chi connectivity index (χ1v) is 10.9. The summed E-state index contributed by atoms with van der Waals surface area (Å²) in [5.74, 6) is -0.286. The average Bonchev–Trinajstić information content (AvgIpc) is 2.67. The van der Waals surface area contributed by atoms with Gasteiger partial charge in [0.05, 0.1) is 11.5 Å². The van der Waals surface area contributed by atoms with Gasteiger partial charge in [-0.1, -0.05) is 25.5 Å². The van der Waals surface area contributed by atoms with Gasteiger partial charge >= 0.3 is 0 Å². The van der Waals surface area contributed by atoms with Crippen molar-refractivity contribution in [1.29, 1.82) is 0 Å². The van der Waals surface area contributed by atoms with Crippen LogP contribution in [-0.4, -0.2) is 34.1 Å². The van der Waals surface area contributed by atoms with Gasteiger partial charge in [0, 0.05) is 24.4 Å². The molecule has 0 saturated heterocycles. The molecule has 0 aliphatic carbocycles. The fourth-order valence-corrected chi connectivity index (χ4v) is 3.97. The van der Waals surface area contributed by atoms with E-state index in [2.05, 4.69) is 17.0 Å². The van der Waals surface area contributed by atoms with Gasteiger partial charge in [-0.25, -0.2) is 13.1 Å². The largest absolute Gasteiger partial charge is 0.383 e. The lowest BCUT2D eigenvalue weighted by Crippen LogP contribution is -2.35. The van der Waals surface area contributed by atoms with Gasteiger partial charge in [-0.3, -0.25) is 4.79 Å². The number of unbranched alkanes of at least 4 members (excludes halogenated alkanes) is 1. The second-order valence-corrected chi connectivity index (χ2v) is 8.47. The van der Waals surface area contributed by atoms with Gasteiger partial charge in [0.1, 0.15) is 0 Å². The Hall–Kier alpha value is -2.22. The molecule has 1 amide bonds. The number of amides is 1. The molecule has 2 aromatic carbocycles. The Labute approximate surface area is 167 Å². The van der Waals surface area contributed by atoms with Crippen molar-refractivity contribution >= 4 is 21.6 Å². The van der Waals surface area contributed by atoms with Crippen molar-refractivity contribution in [1.82, 2.24) is 4.72 Å². The molecule has 28 heavy (non-hydrogen) atoms. The summed E-state index contributed by atoms with van der Waals surface area (Å²) in [4.78, 5) is 12.5. The van der Waals surface area contributed by atoms with Crippen molar-refractivity contribution in [2.45, 2.75) is 44.0 Å². The number of carbonyl (C=O) groups excluding carboxylic acids is 1. The molecule has 2 N–H and O–H groups in total. The van der Waals surface area contributed by atoms with Crippen LogP contribution in [0.25, 0.3) is 0 Å². The number of aryl methyl sites for hydroxylation is 1. The number of anilines is 1. The van der Waals surface area contributed by atoms with E-state index < -0.39 is 10.0 Å². The van der Waals surface area contributed by atoms with E-state index in [-0.39, 0.29) is 23.5 Å². The Bertz CT molecular complexity index is 862. The summed E-state index contributed by atoms with van der Waals surface area (Å²) in [6.07, 6.45) is 3.31. The number of nitrogens with one attached hydrogen (secondary N) is 2. The molecule has 0 radical (unpaired) electrons. The third kappa shape index (κ3) is 6.44. The van der Waals surface area contributed by atoms with Gasteiger partial charge in [0.15, 0.2) is 0 Å². The molecule has 0 bridgehead atoms. The highest BCUT2D eigenvalue weighted by Crippen LogP contribution is 2.15. The standard InChI is InChI=1S/C21H28N2O4S/c1-4-5-6-17-7-11-19(12-8-17)22-21(24)18-9-13-20(14-10-18)28(25,26)23-16(2)15-27-3/h7-14,16,23H,4-6,15H2,1-3H3,(H,22,24)/t16-/m0/s1. The fourth-order valence-electron chi connectivity index (χ4n) is 2.74. The molecule has 2 aromatic rings. The van der Waals surface area contributed by atoms with Crippen molar-refractivity contribution in [2.75, 3.05) is 19.0 Å². The maximum absolute atomic E-state index is 12.4. The molecule has 0 aromatic heterocycles. The smallest absolute Gasteiger partial charge is 0.255 e. The second-order valence-electron chi connectivity index (χ2n) is 6.76. The van der Waals surface area contributed by atoms with Gasteiger partial charge in [-0.2, -0.15) is 0 Å². The van der Waals surface area contributed by atoms with Crippen LogP contribution in [0.2, 0.25) is 0 Å². The lowest BCUT2D eigenvalue weighted by Gasteiger charge is -2.13. The van der Waals surface area contributed by atoms with Crippen molar-refractivity contribution in [3.05, 3.63) is 59.7 Å². The van der Waals surface area contributed by atoms with Crippen molar-refractivity contribution in [3.8, 4) is 0 Å². The summed E-state index contributed by atoms with van der Waals surface area (Å²) in [6.45, 7) is 4.15. The molecule has 152 valence electrons. The second kappa shape index (κ2) is 10.4. The zero-order valence-electron chi connectivity index (χ0n) is 16.6. The zero-order valence-corrected chi connectivity index (χ0v) is 17.4. The van der Waals surface area contributed by atoms with Gasteiger partial charge < -0.3 is 10.1 Å². The van der Waals surface area contributed by atoms with Gasteiger partial charge in [0.2, 0.25) is 10.0 Å². The highest BCUT2D eigenvalue weighted by Gasteiger charge is 2.18. The monoisotopic (exact) mass is 404 g/mol. The van der Waals surface area contributed by atoms with Crippen LogP contribution in [0, 0.1) is 0 Å². The van der Waals surface area contributed by atoms with Crippen LogP contribution < -0.4 is 10.0 Å². The predicted molar refractivity (Wildman–Crippen MR) is 111 cm³/mol. The number of benzene rings is 2. The molecule has 6 nitrogen and oxygen atoms in total. The van der Waals surface area contributed by atoms with Crippen LogP contribution in [0.3, 0.4) is 0 Å². The van der Waals surface area contributed by atoms with E-state index in [1.807, 2.05) is 24.3 Å². The molecule has 0 heterocycles. The summed E-state index contributed by atoms with van der Waals surface area (Å²) >= 11 is 0. The van der Waals surface area contributed by atoms with Crippen molar-refractivity contribution in [2.24, 2.45) is 0 Å². The summed E-state index contributed by atoms with van der Waals surface area (Å²) in [7, 11) is -2.15. The van der Waals surface area contributed by atoms with Crippen LogP contribution in [0.5, 0.6) is 0 Å². The molecule has 0 spiro atoms. The molecule has 1 atom stereocenters. The van der Waals surface area contributed by atoms with Crippen LogP contribution in [0.4, 0.5) is 5.69 Å². The maximum Gasteiger partial charge on any atom is 0.255 e. The van der Waals surface area contributed by atoms with E-state index in [1.54, 1.807) is 6.92 Å². The van der Waals surface area contributed by atoms with E-state index in [9.17, 15) is 13.2 Å². The first kappa shape index (κ1) is 22.1. The highest BCUT2D eigenvalue weighted by molar-refractivity contribution is 7.89. The van der Waals surface area contributed by atoms with Gasteiger partial charge in [-0.05, 0) is 61.7 Å². The summed E-state index contributed by atoms with van der Waals surface area (Å²) in [6, 6.07) is 13.3.